The first-order chi connectivity index (χ1) is 9.77. The Hall–Kier alpha value is -0.750. The van der Waals surface area contributed by atoms with Gasteiger partial charge in [0.25, 0.3) is 5.91 Å². The molecule has 2 rings (SSSR count). The molecule has 1 unspecified atom stereocenters. The van der Waals surface area contributed by atoms with Crippen LogP contribution in [0.3, 0.4) is 0 Å². The predicted octanol–water partition coefficient (Wildman–Crippen LogP) is 2.83. The number of furan rings is 1. The van der Waals surface area contributed by atoms with E-state index in [0.29, 0.717) is 0 Å². The van der Waals surface area contributed by atoms with Crippen molar-refractivity contribution in [3.05, 3.63) is 23.2 Å². The summed E-state index contributed by atoms with van der Waals surface area (Å²) < 4.78 is 5.71. The van der Waals surface area contributed by atoms with Crippen LogP contribution in [0.15, 0.2) is 10.5 Å². The van der Waals surface area contributed by atoms with E-state index in [9.17, 15) is 4.79 Å². The van der Waals surface area contributed by atoms with Gasteiger partial charge >= 0.3 is 0 Å². The van der Waals surface area contributed by atoms with Gasteiger partial charge in [0.2, 0.25) is 0 Å². The molecule has 134 valence electrons. The summed E-state index contributed by atoms with van der Waals surface area (Å²) in [6.07, 6.45) is 3.43. The van der Waals surface area contributed by atoms with Crippen LogP contribution in [0.2, 0.25) is 0 Å². The Morgan fingerprint density at radius 2 is 2.00 bits per heavy atom. The van der Waals surface area contributed by atoms with Crippen molar-refractivity contribution in [2.75, 3.05) is 13.1 Å². The van der Waals surface area contributed by atoms with Gasteiger partial charge in [0.05, 0.1) is 0 Å². The molecule has 1 aliphatic heterocycles. The predicted molar refractivity (Wildman–Crippen MR) is 97.5 cm³/mol. The molecular formula is C16H29Cl2N3O2. The van der Waals surface area contributed by atoms with E-state index in [1.165, 1.54) is 12.8 Å². The van der Waals surface area contributed by atoms with Gasteiger partial charge in [0.15, 0.2) is 5.76 Å². The fourth-order valence-corrected chi connectivity index (χ4v) is 2.94. The van der Waals surface area contributed by atoms with Crippen molar-refractivity contribution in [1.82, 2.24) is 4.90 Å². The lowest BCUT2D eigenvalue weighted by Gasteiger charge is -2.24. The molecular weight excluding hydrogens is 337 g/mol. The van der Waals surface area contributed by atoms with Crippen molar-refractivity contribution in [3.63, 3.8) is 0 Å². The van der Waals surface area contributed by atoms with Gasteiger partial charge in [0.1, 0.15) is 5.76 Å². The Labute approximate surface area is 151 Å². The maximum atomic E-state index is 11.4. The average molecular weight is 366 g/mol. The minimum absolute atomic E-state index is 0. The zero-order valence-electron chi connectivity index (χ0n) is 14.1. The molecule has 0 radical (unpaired) electrons. The van der Waals surface area contributed by atoms with Crippen molar-refractivity contribution in [1.29, 1.82) is 0 Å². The molecule has 0 saturated carbocycles. The molecule has 23 heavy (non-hydrogen) atoms. The third-order valence-corrected chi connectivity index (χ3v) is 3.92. The summed E-state index contributed by atoms with van der Waals surface area (Å²) in [5, 5.41) is 0. The number of nitrogens with zero attached hydrogens (tertiary/aromatic N) is 1. The monoisotopic (exact) mass is 365 g/mol. The van der Waals surface area contributed by atoms with E-state index in [-0.39, 0.29) is 42.0 Å². The second-order valence-corrected chi connectivity index (χ2v) is 7.07. The third-order valence-electron chi connectivity index (χ3n) is 3.92. The molecule has 1 aromatic heterocycles. The van der Waals surface area contributed by atoms with Crippen molar-refractivity contribution in [2.45, 2.75) is 58.0 Å². The molecule has 1 fully saturated rings. The summed E-state index contributed by atoms with van der Waals surface area (Å²) in [6, 6.07) is 2.02. The standard InChI is InChI=1S/C16H27N3O2.2ClH/c1-16(2,3)14-11(8-13(21-14)15(18)20)9-19-7-5-4-6-12(17)10-19;;/h8,12H,4-7,9-10,17H2,1-3H3,(H2,18,20);2*1H. The van der Waals surface area contributed by atoms with Crippen molar-refractivity contribution < 1.29 is 9.21 Å². The second-order valence-electron chi connectivity index (χ2n) is 7.07. The van der Waals surface area contributed by atoms with Crippen LogP contribution >= 0.6 is 24.8 Å². The van der Waals surface area contributed by atoms with Crippen molar-refractivity contribution in [2.24, 2.45) is 11.5 Å². The van der Waals surface area contributed by atoms with E-state index in [1.807, 2.05) is 0 Å². The van der Waals surface area contributed by atoms with Crippen LogP contribution in [0.4, 0.5) is 0 Å². The van der Waals surface area contributed by atoms with Crippen LogP contribution in [-0.2, 0) is 12.0 Å². The lowest BCUT2D eigenvalue weighted by atomic mass is 9.90. The van der Waals surface area contributed by atoms with Crippen molar-refractivity contribution >= 4 is 30.7 Å². The molecule has 7 heteroatoms. The molecule has 1 saturated heterocycles. The number of rotatable bonds is 3. The average Bonchev–Trinajstić information content (AvgIpc) is 2.68. The number of amides is 1. The Morgan fingerprint density at radius 3 is 2.57 bits per heavy atom. The highest BCUT2D eigenvalue weighted by atomic mass is 35.5. The number of likely N-dealkylation sites (tertiary alicyclic amines) is 1. The zero-order valence-corrected chi connectivity index (χ0v) is 15.8. The van der Waals surface area contributed by atoms with Gasteiger partial charge in [0, 0.05) is 30.1 Å². The normalized spacial score (nSPS) is 19.4. The summed E-state index contributed by atoms with van der Waals surface area (Å²) in [7, 11) is 0. The van der Waals surface area contributed by atoms with Crippen LogP contribution in [-0.4, -0.2) is 29.9 Å². The largest absolute Gasteiger partial charge is 0.455 e. The summed E-state index contributed by atoms with van der Waals surface area (Å²) in [5.41, 5.74) is 12.4. The molecule has 0 spiro atoms. The molecule has 1 atom stereocenters. The number of halogens is 2. The number of nitrogens with two attached hydrogens (primary N) is 2. The van der Waals surface area contributed by atoms with E-state index in [0.717, 1.165) is 37.4 Å². The smallest absolute Gasteiger partial charge is 0.284 e. The second kappa shape index (κ2) is 8.92. The van der Waals surface area contributed by atoms with E-state index < -0.39 is 5.91 Å². The number of carbonyl (C=O) groups is 1. The number of primary amides is 1. The molecule has 4 N–H and O–H groups in total. The van der Waals surface area contributed by atoms with Gasteiger partial charge in [-0.25, -0.2) is 0 Å². The van der Waals surface area contributed by atoms with Gasteiger partial charge in [-0.15, -0.1) is 24.8 Å². The summed E-state index contributed by atoms with van der Waals surface area (Å²) >= 11 is 0. The maximum Gasteiger partial charge on any atom is 0.284 e. The first kappa shape index (κ1) is 22.2. The fourth-order valence-electron chi connectivity index (χ4n) is 2.94. The molecule has 1 amide bonds. The molecule has 2 heterocycles. The van der Waals surface area contributed by atoms with E-state index in [1.54, 1.807) is 6.07 Å². The minimum Gasteiger partial charge on any atom is -0.455 e. The molecule has 5 nitrogen and oxygen atoms in total. The topological polar surface area (TPSA) is 85.5 Å². The number of hydrogen-bond acceptors (Lipinski definition) is 4. The Bertz CT molecular complexity index is 512. The van der Waals surface area contributed by atoms with Gasteiger partial charge < -0.3 is 15.9 Å². The lowest BCUT2D eigenvalue weighted by Crippen LogP contribution is -2.35. The highest BCUT2D eigenvalue weighted by Gasteiger charge is 2.27. The van der Waals surface area contributed by atoms with Gasteiger partial charge in [-0.1, -0.05) is 27.2 Å². The summed E-state index contributed by atoms with van der Waals surface area (Å²) in [6.45, 7) is 8.92. The Kier molecular flexibility index (Phi) is 8.63. The van der Waals surface area contributed by atoms with Crippen LogP contribution in [0.5, 0.6) is 0 Å². The number of carbonyl (C=O) groups excluding carboxylic acids is 1. The first-order valence-electron chi connectivity index (χ1n) is 7.68. The maximum absolute atomic E-state index is 11.4. The Morgan fingerprint density at radius 1 is 1.35 bits per heavy atom. The molecule has 0 aromatic carbocycles. The van der Waals surface area contributed by atoms with E-state index >= 15 is 0 Å². The minimum atomic E-state index is -0.515. The lowest BCUT2D eigenvalue weighted by molar-refractivity contribution is 0.0970. The van der Waals surface area contributed by atoms with Crippen LogP contribution in [0, 0.1) is 0 Å². The molecule has 0 aliphatic carbocycles. The summed E-state index contributed by atoms with van der Waals surface area (Å²) in [5.74, 6) is 0.572. The van der Waals surface area contributed by atoms with E-state index in [4.69, 9.17) is 15.9 Å². The first-order valence-corrected chi connectivity index (χ1v) is 7.68. The molecule has 1 aliphatic rings. The number of hydrogen-bond donors (Lipinski definition) is 2. The summed E-state index contributed by atoms with van der Waals surface area (Å²) in [4.78, 5) is 13.7. The zero-order chi connectivity index (χ0) is 15.6. The van der Waals surface area contributed by atoms with Crippen LogP contribution in [0.25, 0.3) is 0 Å². The third kappa shape index (κ3) is 5.99. The van der Waals surface area contributed by atoms with Gasteiger partial charge in [-0.3, -0.25) is 9.69 Å². The quantitative estimate of drug-likeness (QED) is 0.861. The molecule has 0 bridgehead atoms. The van der Waals surface area contributed by atoms with Gasteiger partial charge in [-0.2, -0.15) is 0 Å². The molecule has 1 aromatic rings. The fraction of sp³-hybridized carbons (Fsp3) is 0.688. The van der Waals surface area contributed by atoms with Gasteiger partial charge in [-0.05, 0) is 25.5 Å². The van der Waals surface area contributed by atoms with Crippen molar-refractivity contribution in [3.8, 4) is 0 Å². The Balaban J connectivity index is 0.00000242. The SMILES string of the molecule is CC(C)(C)c1oc(C(N)=O)cc1CN1CCCCC(N)C1.Cl.Cl. The highest BCUT2D eigenvalue weighted by Crippen LogP contribution is 2.30. The van der Waals surface area contributed by atoms with Crippen LogP contribution in [0.1, 0.15) is 61.9 Å². The highest BCUT2D eigenvalue weighted by molar-refractivity contribution is 5.90. The van der Waals surface area contributed by atoms with E-state index in [2.05, 4.69) is 25.7 Å². The van der Waals surface area contributed by atoms with Crippen LogP contribution < -0.4 is 11.5 Å².